The molecule has 26 heavy (non-hydrogen) atoms. The van der Waals surface area contributed by atoms with E-state index in [1.54, 1.807) is 23.5 Å². The predicted octanol–water partition coefficient (Wildman–Crippen LogP) is 0.315. The molecular weight excluding hydrogens is 348 g/mol. The van der Waals surface area contributed by atoms with Crippen molar-refractivity contribution in [1.29, 1.82) is 0 Å². The van der Waals surface area contributed by atoms with Gasteiger partial charge in [0.1, 0.15) is 5.01 Å². The standard InChI is InChI=1S/C19H22N4O2S/c24-17(20-14-5-6-14)13-22-9-11-23(12-10-22)19(25)8-7-18-21-15-3-1-2-4-16(15)26-18/h1-4,7-8,14H,5-6,9-13H2,(H,20,24)/p+1/b8-7+. The van der Waals surface area contributed by atoms with Gasteiger partial charge < -0.3 is 15.1 Å². The Bertz CT molecular complexity index is 802. The number of para-hydroxylation sites is 1. The Morgan fingerprint density at radius 1 is 1.27 bits per heavy atom. The molecule has 0 spiro atoms. The maximum Gasteiger partial charge on any atom is 0.275 e. The average Bonchev–Trinajstić information content (AvgIpc) is 3.35. The summed E-state index contributed by atoms with van der Waals surface area (Å²) in [5.41, 5.74) is 0.964. The van der Waals surface area contributed by atoms with Gasteiger partial charge in [-0.2, -0.15) is 0 Å². The molecule has 2 amide bonds. The van der Waals surface area contributed by atoms with Gasteiger partial charge >= 0.3 is 0 Å². The minimum absolute atomic E-state index is 0.0192. The molecule has 1 aliphatic carbocycles. The molecule has 1 aliphatic heterocycles. The lowest BCUT2D eigenvalue weighted by Gasteiger charge is -2.31. The number of piperazine rings is 1. The van der Waals surface area contributed by atoms with E-state index in [0.717, 1.165) is 41.2 Å². The Hall–Kier alpha value is -2.25. The smallest absolute Gasteiger partial charge is 0.275 e. The molecule has 1 saturated carbocycles. The summed E-state index contributed by atoms with van der Waals surface area (Å²) in [4.78, 5) is 31.9. The number of hydrogen-bond donors (Lipinski definition) is 2. The molecule has 7 heteroatoms. The fourth-order valence-electron chi connectivity index (χ4n) is 3.16. The first kappa shape index (κ1) is 17.2. The molecule has 0 radical (unpaired) electrons. The summed E-state index contributed by atoms with van der Waals surface area (Å²) in [6.07, 6.45) is 5.65. The van der Waals surface area contributed by atoms with Crippen molar-refractivity contribution >= 4 is 39.4 Å². The van der Waals surface area contributed by atoms with Crippen molar-refractivity contribution in [3.05, 3.63) is 35.3 Å². The fraction of sp³-hybridized carbons (Fsp3) is 0.421. The molecule has 0 bridgehead atoms. The first-order chi connectivity index (χ1) is 12.7. The van der Waals surface area contributed by atoms with Gasteiger partial charge in [0.05, 0.1) is 36.4 Å². The number of aromatic nitrogens is 1. The van der Waals surface area contributed by atoms with Crippen LogP contribution in [0.2, 0.25) is 0 Å². The number of carbonyl (C=O) groups excluding carboxylic acids is 2. The van der Waals surface area contributed by atoms with Crippen molar-refractivity contribution in [2.45, 2.75) is 18.9 Å². The molecule has 6 nitrogen and oxygen atoms in total. The molecule has 1 saturated heterocycles. The zero-order valence-corrected chi connectivity index (χ0v) is 15.4. The Kier molecular flexibility index (Phi) is 4.99. The highest BCUT2D eigenvalue weighted by molar-refractivity contribution is 7.19. The molecule has 2 aliphatic rings. The first-order valence-electron chi connectivity index (χ1n) is 9.13. The van der Waals surface area contributed by atoms with Crippen LogP contribution in [-0.4, -0.2) is 60.5 Å². The number of quaternary nitrogens is 1. The zero-order chi connectivity index (χ0) is 17.9. The van der Waals surface area contributed by atoms with Crippen molar-refractivity contribution in [2.75, 3.05) is 32.7 Å². The quantitative estimate of drug-likeness (QED) is 0.744. The topological polar surface area (TPSA) is 66.7 Å². The summed E-state index contributed by atoms with van der Waals surface area (Å²) in [5, 5.41) is 3.88. The Morgan fingerprint density at radius 2 is 2.04 bits per heavy atom. The van der Waals surface area contributed by atoms with Crippen LogP contribution < -0.4 is 10.2 Å². The van der Waals surface area contributed by atoms with Gasteiger partial charge in [-0.25, -0.2) is 4.98 Å². The van der Waals surface area contributed by atoms with Gasteiger partial charge in [0.25, 0.3) is 5.91 Å². The summed E-state index contributed by atoms with van der Waals surface area (Å²) in [7, 11) is 0. The lowest BCUT2D eigenvalue weighted by molar-refractivity contribution is -0.896. The number of amides is 2. The molecule has 136 valence electrons. The lowest BCUT2D eigenvalue weighted by Crippen LogP contribution is -3.15. The highest BCUT2D eigenvalue weighted by atomic mass is 32.1. The van der Waals surface area contributed by atoms with E-state index in [-0.39, 0.29) is 11.8 Å². The van der Waals surface area contributed by atoms with Crippen molar-refractivity contribution < 1.29 is 14.5 Å². The summed E-state index contributed by atoms with van der Waals surface area (Å²) in [5.74, 6) is 0.156. The van der Waals surface area contributed by atoms with E-state index in [2.05, 4.69) is 10.3 Å². The molecule has 2 N–H and O–H groups in total. The maximum absolute atomic E-state index is 12.4. The molecule has 0 unspecified atom stereocenters. The monoisotopic (exact) mass is 371 g/mol. The average molecular weight is 371 g/mol. The second-order valence-electron chi connectivity index (χ2n) is 6.95. The SMILES string of the molecule is O=C(C[NH+]1CCN(C(=O)/C=C/c2nc3ccccc3s2)CC1)NC1CC1. The van der Waals surface area contributed by atoms with Gasteiger partial charge in [-0.15, -0.1) is 11.3 Å². The molecule has 0 atom stereocenters. The summed E-state index contributed by atoms with van der Waals surface area (Å²) < 4.78 is 1.13. The predicted molar refractivity (Wildman–Crippen MR) is 102 cm³/mol. The van der Waals surface area contributed by atoms with E-state index in [1.165, 1.54) is 4.90 Å². The van der Waals surface area contributed by atoms with Crippen LogP contribution in [0.15, 0.2) is 30.3 Å². The van der Waals surface area contributed by atoms with Crippen molar-refractivity contribution in [3.63, 3.8) is 0 Å². The minimum Gasteiger partial charge on any atom is -0.348 e. The van der Waals surface area contributed by atoms with Crippen LogP contribution in [0.3, 0.4) is 0 Å². The number of fused-ring (bicyclic) bond motifs is 1. The number of thiazole rings is 1. The Balaban J connectivity index is 1.27. The molecule has 1 aromatic carbocycles. The molecule has 1 aromatic heterocycles. The largest absolute Gasteiger partial charge is 0.348 e. The molecule has 2 aromatic rings. The number of carbonyl (C=O) groups is 2. The van der Waals surface area contributed by atoms with Gasteiger partial charge in [-0.1, -0.05) is 12.1 Å². The highest BCUT2D eigenvalue weighted by Gasteiger charge is 2.27. The summed E-state index contributed by atoms with van der Waals surface area (Å²) in [6, 6.07) is 8.39. The molecule has 2 fully saturated rings. The zero-order valence-electron chi connectivity index (χ0n) is 14.6. The summed E-state index contributed by atoms with van der Waals surface area (Å²) >= 11 is 1.59. The summed E-state index contributed by atoms with van der Waals surface area (Å²) in [6.45, 7) is 3.53. The van der Waals surface area contributed by atoms with E-state index in [9.17, 15) is 9.59 Å². The Morgan fingerprint density at radius 3 is 2.77 bits per heavy atom. The minimum atomic E-state index is 0.0192. The second-order valence-corrected chi connectivity index (χ2v) is 8.01. The van der Waals surface area contributed by atoms with Gasteiger partial charge in [-0.3, -0.25) is 9.59 Å². The fourth-order valence-corrected chi connectivity index (χ4v) is 4.03. The van der Waals surface area contributed by atoms with Crippen LogP contribution in [-0.2, 0) is 9.59 Å². The number of nitrogens with one attached hydrogen (secondary N) is 2. The normalized spacial score (nSPS) is 18.5. The third-order valence-corrected chi connectivity index (χ3v) is 5.82. The van der Waals surface area contributed by atoms with Gasteiger partial charge in [0.15, 0.2) is 6.54 Å². The second kappa shape index (κ2) is 7.55. The van der Waals surface area contributed by atoms with Gasteiger partial charge in [0, 0.05) is 12.1 Å². The number of hydrogen-bond acceptors (Lipinski definition) is 4. The molecule has 2 heterocycles. The Labute approximate surface area is 156 Å². The van der Waals surface area contributed by atoms with E-state index < -0.39 is 0 Å². The number of nitrogens with zero attached hydrogens (tertiary/aromatic N) is 2. The van der Waals surface area contributed by atoms with Crippen LogP contribution in [0.25, 0.3) is 16.3 Å². The van der Waals surface area contributed by atoms with E-state index in [1.807, 2.05) is 29.2 Å². The van der Waals surface area contributed by atoms with Gasteiger partial charge in [-0.05, 0) is 31.1 Å². The number of rotatable bonds is 5. The van der Waals surface area contributed by atoms with E-state index in [4.69, 9.17) is 0 Å². The first-order valence-corrected chi connectivity index (χ1v) is 9.94. The molecular formula is C19H23N4O2S+. The molecule has 4 rings (SSSR count). The van der Waals surface area contributed by atoms with Crippen LogP contribution >= 0.6 is 11.3 Å². The van der Waals surface area contributed by atoms with Crippen LogP contribution in [0.4, 0.5) is 0 Å². The lowest BCUT2D eigenvalue weighted by atomic mass is 10.3. The van der Waals surface area contributed by atoms with Gasteiger partial charge in [0.2, 0.25) is 5.91 Å². The van der Waals surface area contributed by atoms with Crippen LogP contribution in [0.5, 0.6) is 0 Å². The van der Waals surface area contributed by atoms with Crippen LogP contribution in [0, 0.1) is 0 Å². The van der Waals surface area contributed by atoms with Crippen molar-refractivity contribution in [3.8, 4) is 0 Å². The number of benzene rings is 1. The third-order valence-electron chi connectivity index (χ3n) is 4.81. The van der Waals surface area contributed by atoms with Crippen molar-refractivity contribution in [1.82, 2.24) is 15.2 Å². The van der Waals surface area contributed by atoms with E-state index in [0.29, 0.717) is 25.7 Å². The highest BCUT2D eigenvalue weighted by Crippen LogP contribution is 2.22. The van der Waals surface area contributed by atoms with E-state index >= 15 is 0 Å². The maximum atomic E-state index is 12.4. The van der Waals surface area contributed by atoms with Crippen molar-refractivity contribution in [2.24, 2.45) is 0 Å². The third kappa shape index (κ3) is 4.28. The van der Waals surface area contributed by atoms with Crippen LogP contribution in [0.1, 0.15) is 17.8 Å².